The first-order valence-corrected chi connectivity index (χ1v) is 6.07. The largest absolute Gasteiger partial charge is 0.339 e. The molecule has 1 fully saturated rings. The Hall–Kier alpha value is -1.75. The monoisotopic (exact) mass is 247 g/mol. The van der Waals surface area contributed by atoms with E-state index in [2.05, 4.69) is 10.1 Å². The quantitative estimate of drug-likeness (QED) is 0.899. The Morgan fingerprint density at radius 2 is 2.17 bits per heavy atom. The van der Waals surface area contributed by atoms with Gasteiger partial charge in [-0.25, -0.2) is 4.39 Å². The molecule has 4 nitrogen and oxygen atoms in total. The molecule has 3 rings (SSSR count). The van der Waals surface area contributed by atoms with Crippen molar-refractivity contribution in [1.29, 1.82) is 0 Å². The fourth-order valence-corrected chi connectivity index (χ4v) is 1.98. The number of benzene rings is 1. The number of hydrogen-bond acceptors (Lipinski definition) is 4. The molecule has 1 unspecified atom stereocenters. The van der Waals surface area contributed by atoms with E-state index in [1.165, 1.54) is 18.9 Å². The van der Waals surface area contributed by atoms with Crippen molar-refractivity contribution >= 4 is 0 Å². The van der Waals surface area contributed by atoms with Gasteiger partial charge in [-0.1, -0.05) is 17.3 Å². The van der Waals surface area contributed by atoms with Crippen LogP contribution in [0, 0.1) is 11.7 Å². The molecule has 1 saturated carbocycles. The maximum atomic E-state index is 13.5. The molecule has 1 atom stereocenters. The molecule has 94 valence electrons. The van der Waals surface area contributed by atoms with Gasteiger partial charge in [0.05, 0.1) is 5.56 Å². The number of nitrogens with two attached hydrogens (primary N) is 1. The summed E-state index contributed by atoms with van der Waals surface area (Å²) in [5.41, 5.74) is 6.34. The summed E-state index contributed by atoms with van der Waals surface area (Å²) in [5.74, 6) is 0.990. The van der Waals surface area contributed by atoms with Crippen molar-refractivity contribution in [1.82, 2.24) is 10.1 Å². The van der Waals surface area contributed by atoms with Crippen molar-refractivity contribution in [3.8, 4) is 11.4 Å². The molecule has 5 heteroatoms. The Kier molecular flexibility index (Phi) is 2.83. The highest BCUT2D eigenvalue weighted by Crippen LogP contribution is 2.32. The van der Waals surface area contributed by atoms with Crippen molar-refractivity contribution in [2.45, 2.75) is 25.3 Å². The van der Waals surface area contributed by atoms with Crippen molar-refractivity contribution < 1.29 is 8.91 Å². The SMILES string of the molecule is NC(Cc1nc(-c2ccccc2F)no1)C1CC1. The molecule has 0 spiro atoms. The lowest BCUT2D eigenvalue weighted by Gasteiger charge is -2.04. The summed E-state index contributed by atoms with van der Waals surface area (Å²) >= 11 is 0. The summed E-state index contributed by atoms with van der Waals surface area (Å²) in [6.45, 7) is 0. The third-order valence-corrected chi connectivity index (χ3v) is 3.22. The van der Waals surface area contributed by atoms with Crippen LogP contribution < -0.4 is 5.73 Å². The van der Waals surface area contributed by atoms with Gasteiger partial charge >= 0.3 is 0 Å². The molecule has 1 aromatic heterocycles. The zero-order valence-corrected chi connectivity index (χ0v) is 9.84. The van der Waals surface area contributed by atoms with E-state index < -0.39 is 0 Å². The highest BCUT2D eigenvalue weighted by atomic mass is 19.1. The van der Waals surface area contributed by atoms with Gasteiger partial charge in [-0.15, -0.1) is 0 Å². The zero-order valence-electron chi connectivity index (χ0n) is 9.84. The van der Waals surface area contributed by atoms with E-state index in [0.717, 1.165) is 0 Å². The molecule has 0 aliphatic heterocycles. The van der Waals surface area contributed by atoms with Gasteiger partial charge in [0, 0.05) is 12.5 Å². The number of rotatable bonds is 4. The summed E-state index contributed by atoms with van der Waals surface area (Å²) in [6.07, 6.45) is 2.91. The maximum Gasteiger partial charge on any atom is 0.228 e. The van der Waals surface area contributed by atoms with E-state index in [4.69, 9.17) is 10.3 Å². The first kappa shape index (κ1) is 11.3. The minimum atomic E-state index is -0.351. The molecule has 18 heavy (non-hydrogen) atoms. The maximum absolute atomic E-state index is 13.5. The topological polar surface area (TPSA) is 64.9 Å². The van der Waals surface area contributed by atoms with Crippen LogP contribution >= 0.6 is 0 Å². The molecule has 0 saturated heterocycles. The van der Waals surface area contributed by atoms with E-state index in [1.54, 1.807) is 18.2 Å². The van der Waals surface area contributed by atoms with Crippen LogP contribution in [0.15, 0.2) is 28.8 Å². The second-order valence-electron chi connectivity index (χ2n) is 4.70. The third-order valence-electron chi connectivity index (χ3n) is 3.22. The van der Waals surface area contributed by atoms with Crippen LogP contribution in [0.3, 0.4) is 0 Å². The fourth-order valence-electron chi connectivity index (χ4n) is 1.98. The molecule has 1 heterocycles. The molecular formula is C13H14FN3O. The molecule has 0 radical (unpaired) electrons. The Balaban J connectivity index is 1.78. The predicted molar refractivity (Wildman–Crippen MR) is 64.1 cm³/mol. The number of hydrogen-bond donors (Lipinski definition) is 1. The fraction of sp³-hybridized carbons (Fsp3) is 0.385. The van der Waals surface area contributed by atoms with Crippen LogP contribution in [-0.4, -0.2) is 16.2 Å². The minimum Gasteiger partial charge on any atom is -0.339 e. The molecule has 1 aromatic carbocycles. The van der Waals surface area contributed by atoms with Crippen LogP contribution in [0.25, 0.3) is 11.4 Å². The summed E-state index contributed by atoms with van der Waals surface area (Å²) in [7, 11) is 0. The van der Waals surface area contributed by atoms with Crippen molar-refractivity contribution in [3.05, 3.63) is 36.0 Å². The molecule has 1 aliphatic carbocycles. The van der Waals surface area contributed by atoms with Gasteiger partial charge in [-0.2, -0.15) is 4.98 Å². The van der Waals surface area contributed by atoms with Crippen LogP contribution in [0.1, 0.15) is 18.7 Å². The summed E-state index contributed by atoms with van der Waals surface area (Å²) < 4.78 is 18.7. The molecular weight excluding hydrogens is 233 g/mol. The Morgan fingerprint density at radius 1 is 1.39 bits per heavy atom. The summed E-state index contributed by atoms with van der Waals surface area (Å²) in [6, 6.07) is 6.44. The lowest BCUT2D eigenvalue weighted by Crippen LogP contribution is -2.25. The second kappa shape index (κ2) is 4.49. The summed E-state index contributed by atoms with van der Waals surface area (Å²) in [5, 5.41) is 3.80. The molecule has 0 bridgehead atoms. The van der Waals surface area contributed by atoms with Crippen LogP contribution in [-0.2, 0) is 6.42 Å². The van der Waals surface area contributed by atoms with Gasteiger partial charge in [0.2, 0.25) is 11.7 Å². The Labute approximate surface area is 104 Å². The van der Waals surface area contributed by atoms with Gasteiger partial charge in [0.1, 0.15) is 5.82 Å². The predicted octanol–water partition coefficient (Wildman–Crippen LogP) is 2.16. The lowest BCUT2D eigenvalue weighted by atomic mass is 10.1. The highest BCUT2D eigenvalue weighted by Gasteiger charge is 2.29. The van der Waals surface area contributed by atoms with Gasteiger partial charge in [0.25, 0.3) is 0 Å². The van der Waals surface area contributed by atoms with Crippen molar-refractivity contribution in [2.75, 3.05) is 0 Å². The van der Waals surface area contributed by atoms with E-state index in [-0.39, 0.29) is 17.7 Å². The number of halogens is 1. The van der Waals surface area contributed by atoms with Gasteiger partial charge < -0.3 is 10.3 Å². The molecule has 2 N–H and O–H groups in total. The molecule has 1 aliphatic rings. The van der Waals surface area contributed by atoms with Gasteiger partial charge in [-0.05, 0) is 30.9 Å². The van der Waals surface area contributed by atoms with E-state index in [9.17, 15) is 4.39 Å². The zero-order chi connectivity index (χ0) is 12.5. The van der Waals surface area contributed by atoms with Gasteiger partial charge in [-0.3, -0.25) is 0 Å². The number of aromatic nitrogens is 2. The van der Waals surface area contributed by atoms with E-state index in [1.807, 2.05) is 0 Å². The highest BCUT2D eigenvalue weighted by molar-refractivity contribution is 5.54. The second-order valence-corrected chi connectivity index (χ2v) is 4.70. The molecule has 2 aromatic rings. The smallest absolute Gasteiger partial charge is 0.228 e. The standard InChI is InChI=1S/C13H14FN3O/c14-10-4-2-1-3-9(10)13-16-12(18-17-13)7-11(15)8-5-6-8/h1-4,8,11H,5-7,15H2. The number of nitrogens with zero attached hydrogens (tertiary/aromatic N) is 2. The van der Waals surface area contributed by atoms with E-state index >= 15 is 0 Å². The Morgan fingerprint density at radius 3 is 2.89 bits per heavy atom. The average molecular weight is 247 g/mol. The van der Waals surface area contributed by atoms with Crippen molar-refractivity contribution in [2.24, 2.45) is 11.7 Å². The minimum absolute atomic E-state index is 0.0684. The van der Waals surface area contributed by atoms with Crippen LogP contribution in [0.5, 0.6) is 0 Å². The normalized spacial score (nSPS) is 16.8. The summed E-state index contributed by atoms with van der Waals surface area (Å²) in [4.78, 5) is 4.19. The van der Waals surface area contributed by atoms with Crippen LogP contribution in [0.2, 0.25) is 0 Å². The molecule has 0 amide bonds. The lowest BCUT2D eigenvalue weighted by molar-refractivity contribution is 0.363. The first-order valence-electron chi connectivity index (χ1n) is 6.07. The third kappa shape index (κ3) is 2.26. The van der Waals surface area contributed by atoms with Crippen LogP contribution in [0.4, 0.5) is 4.39 Å². The van der Waals surface area contributed by atoms with Crippen molar-refractivity contribution in [3.63, 3.8) is 0 Å². The van der Waals surface area contributed by atoms with E-state index in [0.29, 0.717) is 23.8 Å². The van der Waals surface area contributed by atoms with Gasteiger partial charge in [0.15, 0.2) is 0 Å². The average Bonchev–Trinajstić information content (AvgIpc) is 3.12. The Bertz CT molecular complexity index is 551. The first-order chi connectivity index (χ1) is 8.74.